The molecule has 0 aromatic heterocycles. The highest BCUT2D eigenvalue weighted by Gasteiger charge is 2.21. The number of aromatic hydroxyl groups is 1. The number of benzene rings is 1. The monoisotopic (exact) mass is 295 g/mol. The molecule has 20 heavy (non-hydrogen) atoms. The molecule has 5 nitrogen and oxygen atoms in total. The second-order valence-electron chi connectivity index (χ2n) is 3.92. The first-order valence-electron chi connectivity index (χ1n) is 5.95. The lowest BCUT2D eigenvalue weighted by atomic mass is 10.2. The number of nitrogens with one attached hydrogen (secondary N) is 1. The van der Waals surface area contributed by atoms with E-state index in [4.69, 9.17) is 0 Å². The van der Waals surface area contributed by atoms with Gasteiger partial charge in [0, 0.05) is 17.1 Å². The van der Waals surface area contributed by atoms with Gasteiger partial charge in [0.1, 0.15) is 11.8 Å². The molecule has 0 aliphatic rings. The molecule has 0 aliphatic heterocycles. The molecule has 0 saturated carbocycles. The number of phenolic OH excluding ortho intramolecular Hbond substituents is 1. The van der Waals surface area contributed by atoms with E-state index in [0.29, 0.717) is 17.1 Å². The zero-order chi connectivity index (χ0) is 15.0. The van der Waals surface area contributed by atoms with E-state index in [0.717, 1.165) is 0 Å². The van der Waals surface area contributed by atoms with Gasteiger partial charge in [-0.15, -0.1) is 6.58 Å². The first-order chi connectivity index (χ1) is 9.58. The van der Waals surface area contributed by atoms with Crippen molar-refractivity contribution >= 4 is 23.6 Å². The van der Waals surface area contributed by atoms with Gasteiger partial charge in [-0.1, -0.05) is 6.08 Å². The summed E-state index contributed by atoms with van der Waals surface area (Å²) < 4.78 is 4.67. The summed E-state index contributed by atoms with van der Waals surface area (Å²) in [5, 5.41) is 11.8. The predicted octanol–water partition coefficient (Wildman–Crippen LogP) is 1.58. The van der Waals surface area contributed by atoms with E-state index in [2.05, 4.69) is 16.6 Å². The van der Waals surface area contributed by atoms with Crippen LogP contribution in [0.5, 0.6) is 5.75 Å². The fourth-order valence-electron chi connectivity index (χ4n) is 1.43. The van der Waals surface area contributed by atoms with Crippen LogP contribution in [-0.2, 0) is 9.53 Å². The summed E-state index contributed by atoms with van der Waals surface area (Å²) in [6.07, 6.45) is 1.72. The molecule has 0 radical (unpaired) electrons. The van der Waals surface area contributed by atoms with Crippen molar-refractivity contribution in [1.82, 2.24) is 5.32 Å². The standard InChI is InChI=1S/C14H17NO4S/c1-3-8-20-9-12(14(18)19-2)15-13(17)10-4-6-11(16)7-5-10/h3-7,12,16H,1,8-9H2,2H3,(H,15,17). The molecule has 1 unspecified atom stereocenters. The minimum atomic E-state index is -0.716. The van der Waals surface area contributed by atoms with E-state index in [1.54, 1.807) is 6.08 Å². The number of thioether (sulfide) groups is 1. The maximum absolute atomic E-state index is 12.0. The molecule has 1 aromatic rings. The number of amides is 1. The van der Waals surface area contributed by atoms with Crippen molar-refractivity contribution in [3.8, 4) is 5.75 Å². The van der Waals surface area contributed by atoms with Crippen LogP contribution in [0.2, 0.25) is 0 Å². The summed E-state index contributed by atoms with van der Waals surface area (Å²) in [4.78, 5) is 23.6. The van der Waals surface area contributed by atoms with Gasteiger partial charge in [0.2, 0.25) is 0 Å². The van der Waals surface area contributed by atoms with Crippen molar-refractivity contribution in [2.75, 3.05) is 18.6 Å². The van der Waals surface area contributed by atoms with Gasteiger partial charge in [-0.2, -0.15) is 11.8 Å². The summed E-state index contributed by atoms with van der Waals surface area (Å²) in [6.45, 7) is 3.59. The molecular weight excluding hydrogens is 278 g/mol. The van der Waals surface area contributed by atoms with E-state index in [-0.39, 0.29) is 11.7 Å². The third-order valence-electron chi connectivity index (χ3n) is 2.44. The van der Waals surface area contributed by atoms with Gasteiger partial charge >= 0.3 is 5.97 Å². The van der Waals surface area contributed by atoms with Gasteiger partial charge in [-0.25, -0.2) is 4.79 Å². The van der Waals surface area contributed by atoms with Gasteiger partial charge in [0.05, 0.1) is 7.11 Å². The number of phenols is 1. The number of ether oxygens (including phenoxy) is 1. The van der Waals surface area contributed by atoms with Crippen molar-refractivity contribution in [1.29, 1.82) is 0 Å². The fraction of sp³-hybridized carbons (Fsp3) is 0.286. The minimum absolute atomic E-state index is 0.0765. The van der Waals surface area contributed by atoms with E-state index in [1.807, 2.05) is 0 Å². The third-order valence-corrected chi connectivity index (χ3v) is 3.48. The molecule has 1 rings (SSSR count). The fourth-order valence-corrected chi connectivity index (χ4v) is 2.19. The summed E-state index contributed by atoms with van der Waals surface area (Å²) >= 11 is 1.47. The average molecular weight is 295 g/mol. The normalized spacial score (nSPS) is 11.4. The van der Waals surface area contributed by atoms with Crippen molar-refractivity contribution in [2.45, 2.75) is 6.04 Å². The largest absolute Gasteiger partial charge is 0.508 e. The van der Waals surface area contributed by atoms with Gasteiger partial charge < -0.3 is 15.2 Å². The lowest BCUT2D eigenvalue weighted by Gasteiger charge is -2.15. The zero-order valence-corrected chi connectivity index (χ0v) is 12.0. The highest BCUT2D eigenvalue weighted by molar-refractivity contribution is 7.99. The smallest absolute Gasteiger partial charge is 0.329 e. The molecule has 0 fully saturated rings. The first kappa shape index (κ1) is 16.1. The number of hydrogen-bond donors (Lipinski definition) is 2. The zero-order valence-electron chi connectivity index (χ0n) is 11.2. The Balaban J connectivity index is 2.67. The second kappa shape index (κ2) is 8.27. The SMILES string of the molecule is C=CCSCC(NC(=O)c1ccc(O)cc1)C(=O)OC. The molecule has 2 N–H and O–H groups in total. The Hall–Kier alpha value is -1.95. The number of rotatable bonds is 7. The van der Waals surface area contributed by atoms with Crippen molar-refractivity contribution in [3.05, 3.63) is 42.5 Å². The third kappa shape index (κ3) is 4.97. The Bertz CT molecular complexity index is 473. The highest BCUT2D eigenvalue weighted by atomic mass is 32.2. The van der Waals surface area contributed by atoms with Crippen LogP contribution in [0.1, 0.15) is 10.4 Å². The van der Waals surface area contributed by atoms with Crippen molar-refractivity contribution < 1.29 is 19.4 Å². The van der Waals surface area contributed by atoms with E-state index in [1.165, 1.54) is 43.1 Å². The lowest BCUT2D eigenvalue weighted by Crippen LogP contribution is -2.43. The maximum Gasteiger partial charge on any atom is 0.329 e. The molecule has 0 aliphatic carbocycles. The van der Waals surface area contributed by atoms with E-state index < -0.39 is 12.0 Å². The molecule has 0 bridgehead atoms. The van der Waals surface area contributed by atoms with Gasteiger partial charge in [-0.3, -0.25) is 4.79 Å². The average Bonchev–Trinajstić information content (AvgIpc) is 2.46. The molecule has 6 heteroatoms. The molecular formula is C14H17NO4S. The van der Waals surface area contributed by atoms with Crippen molar-refractivity contribution in [3.63, 3.8) is 0 Å². The number of esters is 1. The van der Waals surface area contributed by atoms with Crippen LogP contribution >= 0.6 is 11.8 Å². The van der Waals surface area contributed by atoms with E-state index >= 15 is 0 Å². The number of carbonyl (C=O) groups is 2. The molecule has 0 spiro atoms. The maximum atomic E-state index is 12.0. The highest BCUT2D eigenvalue weighted by Crippen LogP contribution is 2.10. The van der Waals surface area contributed by atoms with Crippen LogP contribution in [0, 0.1) is 0 Å². The lowest BCUT2D eigenvalue weighted by molar-refractivity contribution is -0.142. The second-order valence-corrected chi connectivity index (χ2v) is 5.00. The first-order valence-corrected chi connectivity index (χ1v) is 7.10. The summed E-state index contributed by atoms with van der Waals surface area (Å²) in [5.74, 6) is 0.284. The number of methoxy groups -OCH3 is 1. The molecule has 1 atom stereocenters. The Kier molecular flexibility index (Phi) is 6.66. The Morgan fingerprint density at radius 1 is 1.45 bits per heavy atom. The molecule has 1 amide bonds. The minimum Gasteiger partial charge on any atom is -0.508 e. The van der Waals surface area contributed by atoms with Crippen LogP contribution in [0.25, 0.3) is 0 Å². The van der Waals surface area contributed by atoms with Crippen molar-refractivity contribution in [2.24, 2.45) is 0 Å². The topological polar surface area (TPSA) is 75.6 Å². The molecule has 0 heterocycles. The summed E-state index contributed by atoms with van der Waals surface area (Å²) in [5.41, 5.74) is 0.366. The Morgan fingerprint density at radius 3 is 2.65 bits per heavy atom. The molecule has 108 valence electrons. The van der Waals surface area contributed by atoms with Crippen LogP contribution in [0.4, 0.5) is 0 Å². The van der Waals surface area contributed by atoms with Crippen LogP contribution in [0.3, 0.4) is 0 Å². The molecule has 1 aromatic carbocycles. The quantitative estimate of drug-likeness (QED) is 0.454. The number of carbonyl (C=O) groups excluding carboxylic acids is 2. The van der Waals surface area contributed by atoms with E-state index in [9.17, 15) is 14.7 Å². The van der Waals surface area contributed by atoms with Crippen LogP contribution in [-0.4, -0.2) is 41.6 Å². The molecule has 0 saturated heterocycles. The van der Waals surface area contributed by atoms with Crippen LogP contribution < -0.4 is 5.32 Å². The predicted molar refractivity (Wildman–Crippen MR) is 78.9 cm³/mol. The summed E-state index contributed by atoms with van der Waals surface area (Å²) in [7, 11) is 1.28. The van der Waals surface area contributed by atoms with Gasteiger partial charge in [0.25, 0.3) is 5.91 Å². The van der Waals surface area contributed by atoms with Gasteiger partial charge in [0.15, 0.2) is 0 Å². The van der Waals surface area contributed by atoms with Crippen LogP contribution in [0.15, 0.2) is 36.9 Å². The number of hydrogen-bond acceptors (Lipinski definition) is 5. The Labute approximate surface area is 122 Å². The van der Waals surface area contributed by atoms with Gasteiger partial charge in [-0.05, 0) is 24.3 Å². The Morgan fingerprint density at radius 2 is 2.10 bits per heavy atom. The summed E-state index contributed by atoms with van der Waals surface area (Å²) in [6, 6.07) is 5.07.